The molecule has 8 heteroatoms. The number of oxazole rings is 1. The van der Waals surface area contributed by atoms with Crippen LogP contribution in [0.4, 0.5) is 5.13 Å². The van der Waals surface area contributed by atoms with E-state index >= 15 is 0 Å². The minimum atomic E-state index is -0.0808. The van der Waals surface area contributed by atoms with Gasteiger partial charge >= 0.3 is 0 Å². The first-order valence-electron chi connectivity index (χ1n) is 9.02. The SMILES string of the molecule is Cc1nc(-c2nc(N3CCOCC3)sc2/C=C/C(=O)c2ccncc2)c(C)o1. The average molecular weight is 396 g/mol. The number of pyridine rings is 1. The van der Waals surface area contributed by atoms with Crippen LogP contribution in [0.3, 0.4) is 0 Å². The van der Waals surface area contributed by atoms with Crippen LogP contribution in [0, 0.1) is 13.8 Å². The monoisotopic (exact) mass is 396 g/mol. The zero-order valence-corrected chi connectivity index (χ0v) is 16.5. The van der Waals surface area contributed by atoms with Crippen molar-refractivity contribution in [2.75, 3.05) is 31.2 Å². The summed E-state index contributed by atoms with van der Waals surface area (Å²) in [5.74, 6) is 1.23. The van der Waals surface area contributed by atoms with E-state index in [0.29, 0.717) is 36.1 Å². The quantitative estimate of drug-likeness (QED) is 0.482. The maximum absolute atomic E-state index is 12.5. The molecule has 0 spiro atoms. The zero-order valence-electron chi connectivity index (χ0n) is 15.7. The van der Waals surface area contributed by atoms with Gasteiger partial charge in [-0.3, -0.25) is 9.78 Å². The lowest BCUT2D eigenvalue weighted by Gasteiger charge is -2.25. The molecular formula is C20H20N4O3S. The molecule has 0 aromatic carbocycles. The number of aryl methyl sites for hydroxylation is 2. The van der Waals surface area contributed by atoms with Crippen molar-refractivity contribution in [3.05, 3.63) is 52.7 Å². The fraction of sp³-hybridized carbons (Fsp3) is 0.300. The van der Waals surface area contributed by atoms with Crippen LogP contribution in [0.25, 0.3) is 17.5 Å². The molecule has 0 unspecified atom stereocenters. The molecule has 3 aromatic rings. The van der Waals surface area contributed by atoms with Crippen LogP contribution in [0.1, 0.15) is 26.9 Å². The number of thiazole rings is 1. The molecule has 3 aromatic heterocycles. The third kappa shape index (κ3) is 3.88. The van der Waals surface area contributed by atoms with Gasteiger partial charge in [-0.25, -0.2) is 9.97 Å². The van der Waals surface area contributed by atoms with Gasteiger partial charge < -0.3 is 14.1 Å². The van der Waals surface area contributed by atoms with E-state index in [-0.39, 0.29) is 5.78 Å². The van der Waals surface area contributed by atoms with Crippen LogP contribution in [-0.2, 0) is 4.74 Å². The van der Waals surface area contributed by atoms with Gasteiger partial charge in [0.1, 0.15) is 17.1 Å². The standard InChI is InChI=1S/C20H20N4O3S/c1-13-18(22-14(2)27-13)19-17(4-3-16(25)15-5-7-21-8-6-15)28-20(23-19)24-9-11-26-12-10-24/h3-8H,9-12H2,1-2H3/b4-3+. The summed E-state index contributed by atoms with van der Waals surface area (Å²) in [6.45, 7) is 6.64. The number of carbonyl (C=O) groups excluding carboxylic acids is 1. The Kier molecular flexibility index (Phi) is 5.31. The first kappa shape index (κ1) is 18.5. The number of carbonyl (C=O) groups is 1. The Morgan fingerprint density at radius 3 is 2.57 bits per heavy atom. The van der Waals surface area contributed by atoms with Gasteiger partial charge in [0.25, 0.3) is 0 Å². The molecule has 0 amide bonds. The number of morpholine rings is 1. The first-order valence-corrected chi connectivity index (χ1v) is 9.84. The van der Waals surface area contributed by atoms with Gasteiger partial charge in [-0.05, 0) is 31.2 Å². The van der Waals surface area contributed by atoms with Gasteiger partial charge in [0.2, 0.25) is 0 Å². The normalized spacial score (nSPS) is 14.7. The summed E-state index contributed by atoms with van der Waals surface area (Å²) < 4.78 is 11.0. The van der Waals surface area contributed by atoms with E-state index in [4.69, 9.17) is 14.1 Å². The molecule has 0 N–H and O–H groups in total. The van der Waals surface area contributed by atoms with Crippen LogP contribution < -0.4 is 4.90 Å². The summed E-state index contributed by atoms with van der Waals surface area (Å²) in [6.07, 6.45) is 6.59. The highest BCUT2D eigenvalue weighted by Gasteiger charge is 2.22. The Hall–Kier alpha value is -2.84. The number of aromatic nitrogens is 3. The molecule has 144 valence electrons. The highest BCUT2D eigenvalue weighted by atomic mass is 32.1. The Balaban J connectivity index is 1.69. The molecule has 0 saturated carbocycles. The second-order valence-electron chi connectivity index (χ2n) is 6.38. The summed E-state index contributed by atoms with van der Waals surface area (Å²) in [4.78, 5) is 28.8. The molecule has 1 aliphatic rings. The Labute approximate surface area is 166 Å². The predicted octanol–water partition coefficient (Wildman–Crippen LogP) is 3.54. The van der Waals surface area contributed by atoms with Gasteiger partial charge in [0.15, 0.2) is 16.8 Å². The Morgan fingerprint density at radius 1 is 1.14 bits per heavy atom. The van der Waals surface area contributed by atoms with E-state index in [9.17, 15) is 4.79 Å². The molecule has 1 saturated heterocycles. The van der Waals surface area contributed by atoms with Gasteiger partial charge in [-0.15, -0.1) is 0 Å². The van der Waals surface area contributed by atoms with Crippen molar-refractivity contribution in [3.8, 4) is 11.4 Å². The van der Waals surface area contributed by atoms with Gasteiger partial charge in [0, 0.05) is 38.0 Å². The second kappa shape index (κ2) is 8.04. The zero-order chi connectivity index (χ0) is 19.5. The van der Waals surface area contributed by atoms with Gasteiger partial charge in [-0.2, -0.15) is 0 Å². The summed E-state index contributed by atoms with van der Waals surface area (Å²) in [7, 11) is 0. The average Bonchev–Trinajstić information content (AvgIpc) is 3.29. The number of allylic oxidation sites excluding steroid dienone is 1. The molecule has 28 heavy (non-hydrogen) atoms. The molecule has 7 nitrogen and oxygen atoms in total. The van der Waals surface area contributed by atoms with Crippen molar-refractivity contribution in [2.24, 2.45) is 0 Å². The smallest absolute Gasteiger partial charge is 0.191 e. The summed E-state index contributed by atoms with van der Waals surface area (Å²) in [5.41, 5.74) is 2.04. The van der Waals surface area contributed by atoms with E-state index in [2.05, 4.69) is 14.9 Å². The lowest BCUT2D eigenvalue weighted by molar-refractivity contribution is 0.104. The summed E-state index contributed by atoms with van der Waals surface area (Å²) in [6, 6.07) is 3.40. The number of hydrogen-bond donors (Lipinski definition) is 0. The number of anilines is 1. The molecule has 0 radical (unpaired) electrons. The number of ketones is 1. The van der Waals surface area contributed by atoms with Crippen LogP contribution in [0.15, 0.2) is 35.0 Å². The van der Waals surface area contributed by atoms with E-state index in [1.54, 1.807) is 41.9 Å². The molecule has 4 heterocycles. The van der Waals surface area contributed by atoms with E-state index in [1.807, 2.05) is 19.9 Å². The molecule has 0 aliphatic carbocycles. The lowest BCUT2D eigenvalue weighted by Crippen LogP contribution is -2.36. The number of ether oxygens (including phenoxy) is 1. The highest BCUT2D eigenvalue weighted by Crippen LogP contribution is 2.35. The fourth-order valence-corrected chi connectivity index (χ4v) is 4.03. The number of nitrogens with zero attached hydrogens (tertiary/aromatic N) is 4. The van der Waals surface area contributed by atoms with Crippen molar-refractivity contribution in [2.45, 2.75) is 13.8 Å². The number of hydrogen-bond acceptors (Lipinski definition) is 8. The van der Waals surface area contributed by atoms with Crippen LogP contribution >= 0.6 is 11.3 Å². The van der Waals surface area contributed by atoms with Crippen LogP contribution in [0.5, 0.6) is 0 Å². The van der Waals surface area contributed by atoms with E-state index in [1.165, 1.54) is 0 Å². The third-order valence-corrected chi connectivity index (χ3v) is 5.48. The first-order chi connectivity index (χ1) is 13.6. The Bertz CT molecular complexity index is 1000. The minimum absolute atomic E-state index is 0.0808. The van der Waals surface area contributed by atoms with E-state index in [0.717, 1.165) is 28.8 Å². The van der Waals surface area contributed by atoms with Crippen molar-refractivity contribution >= 4 is 28.3 Å². The van der Waals surface area contributed by atoms with Crippen molar-refractivity contribution in [3.63, 3.8) is 0 Å². The van der Waals surface area contributed by atoms with Crippen LogP contribution in [-0.4, -0.2) is 47.0 Å². The van der Waals surface area contributed by atoms with Gasteiger partial charge in [0.05, 0.1) is 18.1 Å². The van der Waals surface area contributed by atoms with E-state index < -0.39 is 0 Å². The molecule has 4 rings (SSSR count). The third-order valence-electron chi connectivity index (χ3n) is 4.40. The maximum Gasteiger partial charge on any atom is 0.191 e. The van der Waals surface area contributed by atoms with Crippen molar-refractivity contribution in [1.82, 2.24) is 15.0 Å². The lowest BCUT2D eigenvalue weighted by atomic mass is 10.1. The fourth-order valence-electron chi connectivity index (χ4n) is 3.01. The molecule has 0 bridgehead atoms. The summed E-state index contributed by atoms with van der Waals surface area (Å²) >= 11 is 1.54. The highest BCUT2D eigenvalue weighted by molar-refractivity contribution is 7.17. The largest absolute Gasteiger partial charge is 0.446 e. The molecular weight excluding hydrogens is 376 g/mol. The van der Waals surface area contributed by atoms with Crippen molar-refractivity contribution < 1.29 is 13.9 Å². The van der Waals surface area contributed by atoms with Gasteiger partial charge in [-0.1, -0.05) is 11.3 Å². The number of rotatable bonds is 5. The molecule has 1 fully saturated rings. The van der Waals surface area contributed by atoms with Crippen LogP contribution in [0.2, 0.25) is 0 Å². The molecule has 0 atom stereocenters. The summed E-state index contributed by atoms with van der Waals surface area (Å²) in [5, 5.41) is 0.898. The second-order valence-corrected chi connectivity index (χ2v) is 7.39. The van der Waals surface area contributed by atoms with Crippen molar-refractivity contribution in [1.29, 1.82) is 0 Å². The maximum atomic E-state index is 12.5. The predicted molar refractivity (Wildman–Crippen MR) is 108 cm³/mol. The topological polar surface area (TPSA) is 81.4 Å². The minimum Gasteiger partial charge on any atom is -0.446 e. The molecule has 1 aliphatic heterocycles. The Morgan fingerprint density at radius 2 is 1.89 bits per heavy atom.